The van der Waals surface area contributed by atoms with Crippen LogP contribution in [0.5, 0.6) is 5.75 Å². The number of aromatic nitrogens is 4. The van der Waals surface area contributed by atoms with Gasteiger partial charge < -0.3 is 24.3 Å². The number of fused-ring (bicyclic) bond motifs is 1. The molecule has 36 heavy (non-hydrogen) atoms. The number of carbonyl (C=O) groups is 1. The van der Waals surface area contributed by atoms with Crippen LogP contribution in [0.1, 0.15) is 34.6 Å². The van der Waals surface area contributed by atoms with Crippen molar-refractivity contribution in [2.45, 2.75) is 52.8 Å². The molecule has 0 amide bonds. The van der Waals surface area contributed by atoms with Crippen molar-refractivity contribution in [3.05, 3.63) is 41.9 Å². The minimum Gasteiger partial charge on any atom is -0.464 e. The van der Waals surface area contributed by atoms with Crippen LogP contribution in [0.15, 0.2) is 36.9 Å². The van der Waals surface area contributed by atoms with E-state index < -0.39 is 25.1 Å². The summed E-state index contributed by atoms with van der Waals surface area (Å²) in [6.45, 7) is 9.44. The number of nitrogens with one attached hydrogen (secondary N) is 1. The Labute approximate surface area is 215 Å². The predicted molar refractivity (Wildman–Crippen MR) is 138 cm³/mol. The van der Waals surface area contributed by atoms with Gasteiger partial charge in [-0.2, -0.15) is 0 Å². The molecule has 0 spiro atoms. The lowest BCUT2D eigenvalue weighted by Crippen LogP contribution is -2.47. The van der Waals surface area contributed by atoms with E-state index in [4.69, 9.17) is 31.3 Å². The molecule has 1 aromatic carbocycles. The van der Waals surface area contributed by atoms with Crippen LogP contribution in [0.3, 0.4) is 0 Å². The fraction of sp³-hybridized carbons (Fsp3) is 0.478. The number of ether oxygens (including phenoxy) is 2. The topological polar surface area (TPSA) is 143 Å². The molecule has 0 aliphatic carbocycles. The van der Waals surface area contributed by atoms with E-state index in [-0.39, 0.29) is 24.7 Å². The van der Waals surface area contributed by atoms with Crippen LogP contribution in [0.4, 0.5) is 5.82 Å². The largest absolute Gasteiger partial charge is 0.464 e. The molecule has 0 aliphatic heterocycles. The minimum atomic E-state index is -3.77. The molecule has 11 nitrogen and oxygen atoms in total. The molecule has 0 fully saturated rings. The van der Waals surface area contributed by atoms with Crippen LogP contribution in [0.2, 0.25) is 5.02 Å². The Bertz CT molecular complexity index is 1230. The Kier molecular flexibility index (Phi) is 8.94. The summed E-state index contributed by atoms with van der Waals surface area (Å²) in [4.78, 5) is 25.1. The molecule has 13 heteroatoms. The van der Waals surface area contributed by atoms with Gasteiger partial charge in [-0.25, -0.2) is 20.0 Å². The summed E-state index contributed by atoms with van der Waals surface area (Å²) in [6, 6.07) is 6.41. The van der Waals surface area contributed by atoms with Gasteiger partial charge in [0.05, 0.1) is 25.6 Å². The summed E-state index contributed by atoms with van der Waals surface area (Å²) in [5.41, 5.74) is 5.60. The molecule has 2 atom stereocenters. The molecule has 3 N–H and O–H groups in total. The number of nitrogens with two attached hydrogens (primary N) is 1. The van der Waals surface area contributed by atoms with Crippen molar-refractivity contribution in [3.8, 4) is 5.75 Å². The van der Waals surface area contributed by atoms with Gasteiger partial charge in [0.1, 0.15) is 29.5 Å². The highest BCUT2D eigenvalue weighted by Crippen LogP contribution is 2.45. The highest BCUT2D eigenvalue weighted by molar-refractivity contribution is 7.57. The number of anilines is 1. The average Bonchev–Trinajstić information content (AvgIpc) is 3.21. The van der Waals surface area contributed by atoms with Gasteiger partial charge in [-0.1, -0.05) is 25.4 Å². The number of halogens is 1. The second-order valence-corrected chi connectivity index (χ2v) is 11.8. The first-order chi connectivity index (χ1) is 16.9. The molecule has 0 saturated carbocycles. The zero-order chi connectivity index (χ0) is 26.5. The van der Waals surface area contributed by atoms with Gasteiger partial charge in [0, 0.05) is 5.02 Å². The maximum Gasteiger partial charge on any atom is 0.342 e. The highest BCUT2D eigenvalue weighted by Gasteiger charge is 2.39. The second kappa shape index (κ2) is 11.6. The quantitative estimate of drug-likeness (QED) is 0.253. The van der Waals surface area contributed by atoms with Crippen LogP contribution in [-0.2, 0) is 25.4 Å². The molecule has 2 heterocycles. The number of nitrogens with zero attached hydrogens (tertiary/aromatic N) is 4. The minimum absolute atomic E-state index is 0.158. The maximum atomic E-state index is 13.9. The average molecular weight is 539 g/mol. The van der Waals surface area contributed by atoms with Crippen LogP contribution < -0.4 is 15.3 Å². The van der Waals surface area contributed by atoms with Crippen molar-refractivity contribution < 1.29 is 23.4 Å². The zero-order valence-corrected chi connectivity index (χ0v) is 22.6. The van der Waals surface area contributed by atoms with Crippen molar-refractivity contribution in [3.63, 3.8) is 0 Å². The van der Waals surface area contributed by atoms with Gasteiger partial charge in [-0.3, -0.25) is 9.36 Å². The van der Waals surface area contributed by atoms with Crippen molar-refractivity contribution >= 4 is 42.1 Å². The first-order valence-corrected chi connectivity index (χ1v) is 13.6. The van der Waals surface area contributed by atoms with Crippen LogP contribution in [0, 0.1) is 5.92 Å². The molecule has 0 radical (unpaired) electrons. The molecule has 0 bridgehead atoms. The van der Waals surface area contributed by atoms with E-state index in [0.29, 0.717) is 28.5 Å². The van der Waals surface area contributed by atoms with Crippen LogP contribution in [0.25, 0.3) is 11.2 Å². The summed E-state index contributed by atoms with van der Waals surface area (Å²) in [5.74, 6) is 0.201. The van der Waals surface area contributed by atoms with Gasteiger partial charge in [0.2, 0.25) is 0 Å². The van der Waals surface area contributed by atoms with Gasteiger partial charge in [0.25, 0.3) is 0 Å². The van der Waals surface area contributed by atoms with Gasteiger partial charge >= 0.3 is 13.5 Å². The van der Waals surface area contributed by atoms with E-state index >= 15 is 0 Å². The number of imidazole rings is 1. The molecule has 2 aromatic heterocycles. The van der Waals surface area contributed by atoms with Crippen LogP contribution in [-0.4, -0.2) is 50.1 Å². The van der Waals surface area contributed by atoms with E-state index in [1.54, 1.807) is 49.0 Å². The summed E-state index contributed by atoms with van der Waals surface area (Å²) < 4.78 is 32.8. The van der Waals surface area contributed by atoms with E-state index in [0.717, 1.165) is 0 Å². The molecule has 3 rings (SSSR count). The first kappa shape index (κ1) is 27.9. The third-order valence-electron chi connectivity index (χ3n) is 4.99. The van der Waals surface area contributed by atoms with Crippen LogP contribution >= 0.6 is 19.1 Å². The van der Waals surface area contributed by atoms with Crippen molar-refractivity contribution in [1.29, 1.82) is 0 Å². The highest BCUT2D eigenvalue weighted by atomic mass is 35.5. The van der Waals surface area contributed by atoms with Crippen molar-refractivity contribution in [2.75, 3.05) is 18.7 Å². The maximum absolute atomic E-state index is 13.9. The van der Waals surface area contributed by atoms with Gasteiger partial charge in [0.15, 0.2) is 11.5 Å². The standard InChI is InChI=1S/C23H32ClN6O5P/c1-15(2)11-33-22(31)23(4,5)29-36(32,35-18-8-6-17(24)7-9-18)14-34-16(3)10-30-13-28-19-20(25)26-12-27-21(19)30/h6-9,12-13,15-16H,10-11,14H2,1-5H3,(H,29,32)(H2,25,26,27)/t16-,36?/m1/s1. The van der Waals surface area contributed by atoms with Crippen molar-refractivity contribution in [1.82, 2.24) is 24.6 Å². The summed E-state index contributed by atoms with van der Waals surface area (Å²) in [6.07, 6.45) is 2.21. The van der Waals surface area contributed by atoms with Gasteiger partial charge in [-0.15, -0.1) is 0 Å². The Balaban J connectivity index is 1.74. The van der Waals surface area contributed by atoms with Gasteiger partial charge in [-0.05, 0) is 51.0 Å². The number of carbonyl (C=O) groups excluding carboxylic acids is 1. The Morgan fingerprint density at radius 2 is 1.89 bits per heavy atom. The lowest BCUT2D eigenvalue weighted by molar-refractivity contribution is -0.150. The fourth-order valence-corrected chi connectivity index (χ4v) is 5.37. The third-order valence-corrected chi connectivity index (χ3v) is 7.13. The van der Waals surface area contributed by atoms with E-state index in [1.807, 2.05) is 20.8 Å². The molecule has 1 unspecified atom stereocenters. The number of hydrogen-bond acceptors (Lipinski definition) is 9. The number of nitrogen functional groups attached to an aromatic ring is 1. The SMILES string of the molecule is CC(C)COC(=O)C(C)(C)NP(=O)(CO[C@H](C)Cn1cnc2c(N)ncnc21)Oc1ccc(Cl)cc1. The monoisotopic (exact) mass is 538 g/mol. The fourth-order valence-electron chi connectivity index (χ4n) is 3.23. The van der Waals surface area contributed by atoms with E-state index in [1.165, 1.54) is 6.33 Å². The lowest BCUT2D eigenvalue weighted by atomic mass is 10.1. The molecule has 0 saturated heterocycles. The Morgan fingerprint density at radius 3 is 2.56 bits per heavy atom. The lowest BCUT2D eigenvalue weighted by Gasteiger charge is -2.30. The van der Waals surface area contributed by atoms with E-state index in [2.05, 4.69) is 20.0 Å². The smallest absolute Gasteiger partial charge is 0.342 e. The number of rotatable bonds is 12. The molecule has 3 aromatic rings. The first-order valence-electron chi connectivity index (χ1n) is 11.4. The molecule has 0 aliphatic rings. The number of esters is 1. The predicted octanol–water partition coefficient (Wildman–Crippen LogP) is 4.26. The summed E-state index contributed by atoms with van der Waals surface area (Å²) in [5, 5.41) is 3.36. The summed E-state index contributed by atoms with van der Waals surface area (Å²) in [7, 11) is -3.77. The Morgan fingerprint density at radius 1 is 1.19 bits per heavy atom. The molecular weight excluding hydrogens is 507 g/mol. The normalized spacial score (nSPS) is 14.5. The molecular formula is C23H32ClN6O5P. The Hall–Kier alpha value is -2.72. The summed E-state index contributed by atoms with van der Waals surface area (Å²) >= 11 is 5.96. The molecule has 196 valence electrons. The second-order valence-electron chi connectivity index (χ2n) is 9.38. The zero-order valence-electron chi connectivity index (χ0n) is 21.0. The number of benzene rings is 1. The van der Waals surface area contributed by atoms with E-state index in [9.17, 15) is 9.36 Å². The third kappa shape index (κ3) is 7.39. The van der Waals surface area contributed by atoms with Crippen molar-refractivity contribution in [2.24, 2.45) is 5.92 Å². The number of hydrogen-bond donors (Lipinski definition) is 2.